The maximum atomic E-state index is 11.7. The van der Waals surface area contributed by atoms with Gasteiger partial charge in [0.15, 0.2) is 21.4 Å². The lowest BCUT2D eigenvalue weighted by Gasteiger charge is -2.11. The summed E-state index contributed by atoms with van der Waals surface area (Å²) in [7, 11) is -3.26. The molecule has 0 bridgehead atoms. The molecule has 23 heavy (non-hydrogen) atoms. The molecule has 0 aliphatic carbocycles. The molecule has 1 rings (SSSR count). The molecule has 0 spiro atoms. The molecule has 0 aromatic heterocycles. The zero-order valence-electron chi connectivity index (χ0n) is 14.1. The number of carbonyl (C=O) groups is 2. The Hall–Kier alpha value is -2.01. The lowest BCUT2D eigenvalue weighted by atomic mass is 9.96. The van der Waals surface area contributed by atoms with Gasteiger partial charge in [-0.25, -0.2) is 8.42 Å². The van der Waals surface area contributed by atoms with E-state index in [-0.39, 0.29) is 17.3 Å². The normalized spacial score (nSPS) is 13.1. The van der Waals surface area contributed by atoms with E-state index in [4.69, 9.17) is 0 Å². The Morgan fingerprint density at radius 2 is 1.74 bits per heavy atom. The molecule has 0 N–H and O–H groups in total. The van der Waals surface area contributed by atoms with Gasteiger partial charge in [-0.2, -0.15) is 0 Å². The van der Waals surface area contributed by atoms with Crippen LogP contribution >= 0.6 is 0 Å². The summed E-state index contributed by atoms with van der Waals surface area (Å²) in [5, 5.41) is 0. The first kappa shape index (κ1) is 19.0. The van der Waals surface area contributed by atoms with Crippen LogP contribution in [0.4, 0.5) is 0 Å². The molecule has 0 amide bonds. The lowest BCUT2D eigenvalue weighted by molar-refractivity contribution is -0.113. The molecule has 5 heteroatoms. The van der Waals surface area contributed by atoms with Crippen LogP contribution in [0.25, 0.3) is 5.57 Å². The molecule has 0 radical (unpaired) electrons. The van der Waals surface area contributed by atoms with Gasteiger partial charge in [0.05, 0.1) is 5.75 Å². The number of hydrogen-bond donors (Lipinski definition) is 0. The molecule has 0 heterocycles. The number of allylic oxidation sites excluding steroid dienone is 4. The van der Waals surface area contributed by atoms with Gasteiger partial charge in [-0.1, -0.05) is 18.2 Å². The molecule has 4 nitrogen and oxygen atoms in total. The second-order valence-electron chi connectivity index (χ2n) is 5.63. The summed E-state index contributed by atoms with van der Waals surface area (Å²) in [6.45, 7) is 6.48. The fourth-order valence-electron chi connectivity index (χ4n) is 2.19. The fraction of sp³-hybridized carbons (Fsp3) is 0.333. The largest absolute Gasteiger partial charge is 0.295 e. The minimum absolute atomic E-state index is 0.0268. The quantitative estimate of drug-likeness (QED) is 0.454. The van der Waals surface area contributed by atoms with Crippen LogP contribution in [0.1, 0.15) is 49.2 Å². The lowest BCUT2D eigenvalue weighted by Crippen LogP contribution is -2.07. The van der Waals surface area contributed by atoms with Crippen LogP contribution < -0.4 is 0 Å². The van der Waals surface area contributed by atoms with Gasteiger partial charge in [-0.3, -0.25) is 9.59 Å². The second kappa shape index (κ2) is 7.51. The molecule has 0 saturated heterocycles. The van der Waals surface area contributed by atoms with Crippen molar-refractivity contribution in [1.82, 2.24) is 0 Å². The van der Waals surface area contributed by atoms with E-state index < -0.39 is 9.84 Å². The maximum Gasteiger partial charge on any atom is 0.160 e. The summed E-state index contributed by atoms with van der Waals surface area (Å²) in [5.41, 5.74) is 3.07. The van der Waals surface area contributed by atoms with Crippen LogP contribution in [0.3, 0.4) is 0 Å². The Balaban J connectivity index is 3.44. The van der Waals surface area contributed by atoms with Crippen molar-refractivity contribution in [3.05, 3.63) is 52.6 Å². The van der Waals surface area contributed by atoms with E-state index in [2.05, 4.69) is 0 Å². The smallest absolute Gasteiger partial charge is 0.160 e. The van der Waals surface area contributed by atoms with Crippen molar-refractivity contribution in [3.63, 3.8) is 0 Å². The molecule has 0 fully saturated rings. The molecule has 1 aromatic carbocycles. The van der Waals surface area contributed by atoms with Gasteiger partial charge in [0.2, 0.25) is 0 Å². The summed E-state index contributed by atoms with van der Waals surface area (Å²) < 4.78 is 23.2. The van der Waals surface area contributed by atoms with Crippen LogP contribution in [0, 0.1) is 0 Å². The zero-order chi connectivity index (χ0) is 17.8. The number of ketones is 2. The monoisotopic (exact) mass is 334 g/mol. The summed E-state index contributed by atoms with van der Waals surface area (Å²) in [6, 6.07) is 5.11. The van der Waals surface area contributed by atoms with Gasteiger partial charge >= 0.3 is 0 Å². The van der Waals surface area contributed by atoms with Crippen LogP contribution in [-0.4, -0.2) is 26.2 Å². The van der Waals surface area contributed by atoms with E-state index in [1.165, 1.54) is 13.8 Å². The Morgan fingerprint density at radius 1 is 1.13 bits per heavy atom. The number of benzene rings is 1. The average Bonchev–Trinajstić information content (AvgIpc) is 2.42. The first-order valence-electron chi connectivity index (χ1n) is 7.22. The van der Waals surface area contributed by atoms with Gasteiger partial charge in [0.1, 0.15) is 0 Å². The number of rotatable bonds is 6. The van der Waals surface area contributed by atoms with E-state index >= 15 is 0 Å². The molecule has 0 saturated carbocycles. The molecule has 1 aromatic rings. The topological polar surface area (TPSA) is 68.3 Å². The van der Waals surface area contributed by atoms with Gasteiger partial charge in [-0.05, 0) is 62.1 Å². The van der Waals surface area contributed by atoms with Gasteiger partial charge in [-0.15, -0.1) is 0 Å². The number of Topliss-reactive ketones (excluding diaryl/α,β-unsaturated/α-hetero) is 2. The summed E-state index contributed by atoms with van der Waals surface area (Å²) in [5.74, 6) is -0.393. The van der Waals surface area contributed by atoms with Crippen molar-refractivity contribution in [2.45, 2.75) is 33.4 Å². The number of hydrogen-bond acceptors (Lipinski definition) is 4. The predicted octanol–water partition coefficient (Wildman–Crippen LogP) is 3.37. The molecular formula is C18H22O4S. The van der Waals surface area contributed by atoms with Crippen molar-refractivity contribution in [2.24, 2.45) is 0 Å². The van der Waals surface area contributed by atoms with Crippen molar-refractivity contribution in [1.29, 1.82) is 0 Å². The molecule has 0 aliphatic rings. The highest BCUT2D eigenvalue weighted by atomic mass is 32.2. The van der Waals surface area contributed by atoms with E-state index in [0.717, 1.165) is 17.4 Å². The molecule has 0 aliphatic heterocycles. The minimum Gasteiger partial charge on any atom is -0.295 e. The molecule has 0 unspecified atom stereocenters. The predicted molar refractivity (Wildman–Crippen MR) is 93.1 cm³/mol. The standard InChI is InChI=1S/C18H22O4S/c1-6-15(9-12(2)13(3)19)16-7-8-18(14(4)20)17(10-16)11-23(5,21)22/h6-10H,11H2,1-5H3/b12-9-,15-6+. The second-order valence-corrected chi connectivity index (χ2v) is 7.77. The first-order chi connectivity index (χ1) is 10.5. The van der Waals surface area contributed by atoms with Crippen LogP contribution in [0.2, 0.25) is 0 Å². The van der Waals surface area contributed by atoms with Crippen LogP contribution in [-0.2, 0) is 20.4 Å². The van der Waals surface area contributed by atoms with Crippen molar-refractivity contribution < 1.29 is 18.0 Å². The van der Waals surface area contributed by atoms with Crippen LogP contribution in [0.5, 0.6) is 0 Å². The third-order valence-corrected chi connectivity index (χ3v) is 4.31. The SMILES string of the molecule is C/C=C(\C=C(\C)C(C)=O)c1ccc(C(C)=O)c(CS(C)(=O)=O)c1. The highest BCUT2D eigenvalue weighted by Gasteiger charge is 2.14. The first-order valence-corrected chi connectivity index (χ1v) is 9.28. The van der Waals surface area contributed by atoms with E-state index in [9.17, 15) is 18.0 Å². The Kier molecular flexibility index (Phi) is 6.21. The fourth-order valence-corrected chi connectivity index (χ4v) is 2.99. The number of carbonyl (C=O) groups excluding carboxylic acids is 2. The summed E-state index contributed by atoms with van der Waals surface area (Å²) in [4.78, 5) is 23.1. The van der Waals surface area contributed by atoms with Crippen molar-refractivity contribution in [3.8, 4) is 0 Å². The minimum atomic E-state index is -3.26. The zero-order valence-corrected chi connectivity index (χ0v) is 15.0. The third kappa shape index (κ3) is 5.60. The Morgan fingerprint density at radius 3 is 2.17 bits per heavy atom. The van der Waals surface area contributed by atoms with Gasteiger partial charge in [0.25, 0.3) is 0 Å². The Bertz CT molecular complexity index is 796. The van der Waals surface area contributed by atoms with Crippen LogP contribution in [0.15, 0.2) is 35.9 Å². The van der Waals surface area contributed by atoms with Crippen molar-refractivity contribution in [2.75, 3.05) is 6.26 Å². The third-order valence-electron chi connectivity index (χ3n) is 3.47. The average molecular weight is 334 g/mol. The van der Waals surface area contributed by atoms with Gasteiger partial charge in [0, 0.05) is 11.8 Å². The van der Waals surface area contributed by atoms with E-state index in [0.29, 0.717) is 16.7 Å². The Labute approximate surface area is 137 Å². The van der Waals surface area contributed by atoms with Crippen molar-refractivity contribution >= 4 is 27.0 Å². The van der Waals surface area contributed by atoms with Gasteiger partial charge < -0.3 is 0 Å². The van der Waals surface area contributed by atoms with E-state index in [1.807, 2.05) is 13.0 Å². The molecular weight excluding hydrogens is 312 g/mol. The van der Waals surface area contributed by atoms with E-state index in [1.54, 1.807) is 31.2 Å². The number of sulfone groups is 1. The molecule has 0 atom stereocenters. The highest BCUT2D eigenvalue weighted by Crippen LogP contribution is 2.23. The highest BCUT2D eigenvalue weighted by molar-refractivity contribution is 7.89. The summed E-state index contributed by atoms with van der Waals surface area (Å²) in [6.07, 6.45) is 4.74. The summed E-state index contributed by atoms with van der Waals surface area (Å²) >= 11 is 0. The molecule has 124 valence electrons. The maximum absolute atomic E-state index is 11.7.